The zero-order valence-electron chi connectivity index (χ0n) is 10.8. The smallest absolute Gasteiger partial charge is 0.119 e. The van der Waals surface area contributed by atoms with Crippen LogP contribution in [-0.2, 0) is 0 Å². The van der Waals surface area contributed by atoms with Crippen molar-refractivity contribution >= 4 is 40.3 Å². The van der Waals surface area contributed by atoms with Gasteiger partial charge in [-0.2, -0.15) is 0 Å². The quantitative estimate of drug-likeness (QED) is 0.415. The van der Waals surface area contributed by atoms with Gasteiger partial charge in [0, 0.05) is 36.3 Å². The number of rotatable bonds is 4. The van der Waals surface area contributed by atoms with Crippen LogP contribution >= 0.6 is 28.4 Å². The Kier molecular flexibility index (Phi) is 5.54. The Hall–Kier alpha value is -0.260. The van der Waals surface area contributed by atoms with Crippen LogP contribution in [0.2, 0.25) is 0 Å². The normalized spacial score (nSPS) is 23.7. The van der Waals surface area contributed by atoms with Crippen molar-refractivity contribution in [3.05, 3.63) is 28.8 Å². The van der Waals surface area contributed by atoms with Crippen LogP contribution < -0.4 is 10.4 Å². The highest BCUT2D eigenvalue weighted by atomic mass is 127. The second-order valence-corrected chi connectivity index (χ2v) is 6.83. The third kappa shape index (κ3) is 3.44. The minimum absolute atomic E-state index is 0.0286. The van der Waals surface area contributed by atoms with Gasteiger partial charge in [0.05, 0.1) is 0 Å². The average Bonchev–Trinajstić information content (AvgIpc) is 2.41. The van der Waals surface area contributed by atoms with Crippen LogP contribution in [0.5, 0.6) is 0 Å². The fourth-order valence-corrected chi connectivity index (χ4v) is 3.79. The standard InChI is InChI=1S/C13H18FIN3P/c1-8-4-9(6-16)13(18-19-15)5-11(8)10-2-3-17-7-12(10)14/h4-6,10,12,16-19H,2-3,7H2,1H3. The summed E-state index contributed by atoms with van der Waals surface area (Å²) >= 11 is 2.26. The molecule has 104 valence electrons. The van der Waals surface area contributed by atoms with Gasteiger partial charge in [0.15, 0.2) is 0 Å². The lowest BCUT2D eigenvalue weighted by atomic mass is 9.85. The van der Waals surface area contributed by atoms with E-state index >= 15 is 0 Å². The van der Waals surface area contributed by atoms with Crippen molar-refractivity contribution in [3.8, 4) is 0 Å². The summed E-state index contributed by atoms with van der Waals surface area (Å²) in [6.07, 6.45) is 1.90. The summed E-state index contributed by atoms with van der Waals surface area (Å²) in [6, 6.07) is 4.01. The SMILES string of the molecule is Cc1cc(C=N)c(NPI)cc1C1CCNCC1F. The van der Waals surface area contributed by atoms with E-state index in [1.54, 1.807) is 0 Å². The molecule has 3 nitrogen and oxygen atoms in total. The minimum Gasteiger partial charge on any atom is -0.358 e. The van der Waals surface area contributed by atoms with E-state index in [-0.39, 0.29) is 5.92 Å². The van der Waals surface area contributed by atoms with Crippen molar-refractivity contribution < 1.29 is 4.39 Å². The molecule has 1 aliphatic rings. The van der Waals surface area contributed by atoms with Gasteiger partial charge in [-0.25, -0.2) is 4.39 Å². The van der Waals surface area contributed by atoms with Gasteiger partial charge >= 0.3 is 0 Å². The first-order valence-corrected chi connectivity index (χ1v) is 10.4. The van der Waals surface area contributed by atoms with E-state index in [1.165, 1.54) is 6.21 Å². The van der Waals surface area contributed by atoms with Crippen LogP contribution in [0.4, 0.5) is 10.1 Å². The molecule has 19 heavy (non-hydrogen) atoms. The van der Waals surface area contributed by atoms with Gasteiger partial charge in [-0.3, -0.25) is 0 Å². The number of nitrogens with one attached hydrogen (secondary N) is 3. The Morgan fingerprint density at radius 1 is 1.58 bits per heavy atom. The monoisotopic (exact) mass is 393 g/mol. The molecule has 1 heterocycles. The molecule has 1 aromatic carbocycles. The van der Waals surface area contributed by atoms with Gasteiger partial charge < -0.3 is 15.8 Å². The van der Waals surface area contributed by atoms with Crippen LogP contribution in [0.15, 0.2) is 12.1 Å². The van der Waals surface area contributed by atoms with Gasteiger partial charge in [-0.1, -0.05) is 0 Å². The summed E-state index contributed by atoms with van der Waals surface area (Å²) in [7, 11) is 0. The van der Waals surface area contributed by atoms with E-state index in [0.717, 1.165) is 35.3 Å². The van der Waals surface area contributed by atoms with E-state index in [0.29, 0.717) is 12.9 Å². The molecule has 0 aliphatic carbocycles. The minimum atomic E-state index is -0.826. The van der Waals surface area contributed by atoms with Gasteiger partial charge in [-0.05, 0) is 65.2 Å². The van der Waals surface area contributed by atoms with Crippen LogP contribution in [0.1, 0.15) is 29.0 Å². The van der Waals surface area contributed by atoms with Gasteiger partial charge in [-0.15, -0.1) is 0 Å². The summed E-state index contributed by atoms with van der Waals surface area (Å²) in [4.78, 5) is 0. The fourth-order valence-electron chi connectivity index (χ4n) is 2.60. The van der Waals surface area contributed by atoms with E-state index in [9.17, 15) is 4.39 Å². The Labute approximate surface area is 128 Å². The zero-order chi connectivity index (χ0) is 13.8. The maximum absolute atomic E-state index is 14.1. The second-order valence-electron chi connectivity index (χ2n) is 4.78. The highest BCUT2D eigenvalue weighted by Gasteiger charge is 2.27. The molecule has 0 bridgehead atoms. The van der Waals surface area contributed by atoms with E-state index < -0.39 is 6.17 Å². The molecule has 1 saturated heterocycles. The Bertz CT molecular complexity index is 469. The first kappa shape index (κ1) is 15.1. The van der Waals surface area contributed by atoms with Crippen molar-refractivity contribution in [1.82, 2.24) is 5.32 Å². The second kappa shape index (κ2) is 6.95. The molecule has 0 saturated carbocycles. The lowest BCUT2D eigenvalue weighted by molar-refractivity contribution is 0.231. The van der Waals surface area contributed by atoms with E-state index in [1.807, 2.05) is 19.1 Å². The molecule has 2 rings (SSSR count). The molecule has 1 fully saturated rings. The van der Waals surface area contributed by atoms with Crippen LogP contribution in [-0.4, -0.2) is 25.5 Å². The summed E-state index contributed by atoms with van der Waals surface area (Å²) in [5.41, 5.74) is 3.97. The van der Waals surface area contributed by atoms with Gasteiger partial charge in [0.2, 0.25) is 0 Å². The maximum Gasteiger partial charge on any atom is 0.119 e. The van der Waals surface area contributed by atoms with E-state index in [4.69, 9.17) is 5.41 Å². The molecular weight excluding hydrogens is 375 g/mol. The lowest BCUT2D eigenvalue weighted by Crippen LogP contribution is -2.37. The molecule has 0 radical (unpaired) electrons. The molecule has 0 amide bonds. The zero-order valence-corrected chi connectivity index (χ0v) is 13.9. The first-order valence-electron chi connectivity index (χ1n) is 6.28. The molecule has 1 aliphatic heterocycles. The Morgan fingerprint density at radius 2 is 2.37 bits per heavy atom. The van der Waals surface area contributed by atoms with Crippen molar-refractivity contribution in [2.24, 2.45) is 0 Å². The number of piperidine rings is 1. The lowest BCUT2D eigenvalue weighted by Gasteiger charge is -2.29. The largest absolute Gasteiger partial charge is 0.358 e. The number of hydrogen-bond acceptors (Lipinski definition) is 3. The summed E-state index contributed by atoms with van der Waals surface area (Å²) in [6.45, 7) is 3.31. The maximum atomic E-state index is 14.1. The molecule has 6 heteroatoms. The van der Waals surface area contributed by atoms with Crippen LogP contribution in [0, 0.1) is 12.3 Å². The highest BCUT2D eigenvalue weighted by Crippen LogP contribution is 2.35. The topological polar surface area (TPSA) is 47.9 Å². The summed E-state index contributed by atoms with van der Waals surface area (Å²) < 4.78 is 14.1. The number of benzene rings is 1. The number of anilines is 1. The number of hydrogen-bond donors (Lipinski definition) is 3. The fraction of sp³-hybridized carbons (Fsp3) is 0.462. The van der Waals surface area contributed by atoms with Crippen molar-refractivity contribution in [1.29, 1.82) is 5.41 Å². The average molecular weight is 393 g/mol. The number of alkyl halides is 1. The third-order valence-electron chi connectivity index (χ3n) is 3.58. The molecule has 0 aromatic heterocycles. The number of aryl methyl sites for hydroxylation is 1. The van der Waals surface area contributed by atoms with Crippen molar-refractivity contribution in [2.75, 3.05) is 18.2 Å². The number of halogens is 2. The van der Waals surface area contributed by atoms with E-state index in [2.05, 4.69) is 32.4 Å². The van der Waals surface area contributed by atoms with Crippen molar-refractivity contribution in [3.63, 3.8) is 0 Å². The molecule has 0 spiro atoms. The predicted octanol–water partition coefficient (Wildman–Crippen LogP) is 3.76. The predicted molar refractivity (Wildman–Crippen MR) is 90.1 cm³/mol. The first-order chi connectivity index (χ1) is 9.17. The molecule has 1 aromatic rings. The van der Waals surface area contributed by atoms with Gasteiger partial charge in [0.25, 0.3) is 0 Å². The van der Waals surface area contributed by atoms with Gasteiger partial charge in [0.1, 0.15) is 6.17 Å². The Morgan fingerprint density at radius 3 is 3.00 bits per heavy atom. The molecular formula is C13H18FIN3P. The molecule has 3 atom stereocenters. The Balaban J connectivity index is 2.38. The molecule has 3 N–H and O–H groups in total. The summed E-state index contributed by atoms with van der Waals surface area (Å²) in [5.74, 6) is -0.0286. The highest BCUT2D eigenvalue weighted by molar-refractivity contribution is 14.2. The van der Waals surface area contributed by atoms with Crippen LogP contribution in [0.25, 0.3) is 0 Å². The van der Waals surface area contributed by atoms with Crippen LogP contribution in [0.3, 0.4) is 0 Å². The van der Waals surface area contributed by atoms with Crippen molar-refractivity contribution in [2.45, 2.75) is 25.4 Å². The summed E-state index contributed by atoms with van der Waals surface area (Å²) in [5, 5.41) is 13.8. The third-order valence-corrected chi connectivity index (χ3v) is 4.76. The molecule has 3 unspecified atom stereocenters.